The number of hydrogen-bond acceptors (Lipinski definition) is 3. The Morgan fingerprint density at radius 3 is 2.52 bits per heavy atom. The molecule has 3 rings (SSSR count). The van der Waals surface area contributed by atoms with E-state index in [9.17, 15) is 18.4 Å². The smallest absolute Gasteiger partial charge is 0.290 e. The highest BCUT2D eigenvalue weighted by Crippen LogP contribution is 2.39. The Balaban J connectivity index is 1.92. The molecule has 1 amide bonds. The number of ketones is 1. The molecule has 1 atom stereocenters. The lowest BCUT2D eigenvalue weighted by Crippen LogP contribution is -2.30. The van der Waals surface area contributed by atoms with Gasteiger partial charge >= 0.3 is 0 Å². The number of amides is 1. The van der Waals surface area contributed by atoms with Crippen molar-refractivity contribution in [3.63, 3.8) is 0 Å². The van der Waals surface area contributed by atoms with Crippen LogP contribution in [0.4, 0.5) is 8.78 Å². The number of nitrogens with zero attached hydrogens (tertiary/aromatic N) is 1. The highest BCUT2D eigenvalue weighted by atomic mass is 19.2. The highest BCUT2D eigenvalue weighted by Gasteiger charge is 2.37. The van der Waals surface area contributed by atoms with Crippen molar-refractivity contribution in [3.8, 4) is 0 Å². The fraction of sp³-hybridized carbons (Fsp3) is 0.429. The molecule has 4 nitrogen and oxygen atoms in total. The SMILES string of the molecule is Cc1c(C(=O)N(C)[C@H](C)c2ccc(F)c(F)c2)oc2c1C(=O)CC(C)(C)C2. The molecule has 1 aliphatic rings. The summed E-state index contributed by atoms with van der Waals surface area (Å²) in [5, 5.41) is 0. The minimum Gasteiger partial charge on any atom is -0.455 e. The molecule has 1 aromatic carbocycles. The van der Waals surface area contributed by atoms with Gasteiger partial charge in [-0.3, -0.25) is 9.59 Å². The summed E-state index contributed by atoms with van der Waals surface area (Å²) in [6, 6.07) is 3.06. The van der Waals surface area contributed by atoms with Gasteiger partial charge in [0, 0.05) is 25.5 Å². The van der Waals surface area contributed by atoms with Crippen LogP contribution in [0.3, 0.4) is 0 Å². The van der Waals surface area contributed by atoms with E-state index in [4.69, 9.17) is 4.42 Å². The number of rotatable bonds is 3. The molecule has 0 N–H and O–H groups in total. The van der Waals surface area contributed by atoms with Crippen LogP contribution in [0.2, 0.25) is 0 Å². The molecule has 0 radical (unpaired) electrons. The van der Waals surface area contributed by atoms with Crippen molar-refractivity contribution >= 4 is 11.7 Å². The van der Waals surface area contributed by atoms with Gasteiger partial charge in [0.2, 0.25) is 0 Å². The molecule has 0 saturated carbocycles. The van der Waals surface area contributed by atoms with Gasteiger partial charge in [-0.25, -0.2) is 8.78 Å². The lowest BCUT2D eigenvalue weighted by atomic mass is 9.76. The molecule has 1 aromatic heterocycles. The third-order valence-electron chi connectivity index (χ3n) is 5.30. The van der Waals surface area contributed by atoms with E-state index in [0.717, 1.165) is 12.1 Å². The average molecular weight is 375 g/mol. The average Bonchev–Trinajstić information content (AvgIpc) is 2.90. The monoisotopic (exact) mass is 375 g/mol. The Kier molecular flexibility index (Phi) is 4.70. The third-order valence-corrected chi connectivity index (χ3v) is 5.30. The van der Waals surface area contributed by atoms with Crippen molar-refractivity contribution in [2.75, 3.05) is 7.05 Å². The van der Waals surface area contributed by atoms with E-state index in [-0.39, 0.29) is 17.0 Å². The van der Waals surface area contributed by atoms with E-state index in [1.54, 1.807) is 20.9 Å². The Morgan fingerprint density at radius 1 is 1.22 bits per heavy atom. The van der Waals surface area contributed by atoms with Crippen molar-refractivity contribution in [1.82, 2.24) is 4.90 Å². The fourth-order valence-electron chi connectivity index (χ4n) is 3.62. The van der Waals surface area contributed by atoms with Gasteiger partial charge in [0.1, 0.15) is 5.76 Å². The number of halogens is 2. The molecular formula is C21H23F2NO3. The molecular weight excluding hydrogens is 352 g/mol. The topological polar surface area (TPSA) is 50.5 Å². The maximum absolute atomic E-state index is 13.5. The second kappa shape index (κ2) is 6.59. The molecule has 0 aliphatic heterocycles. The van der Waals surface area contributed by atoms with Crippen LogP contribution in [-0.4, -0.2) is 23.6 Å². The molecule has 0 unspecified atom stereocenters. The van der Waals surface area contributed by atoms with Crippen LogP contribution in [0.25, 0.3) is 0 Å². The normalized spacial score (nSPS) is 16.8. The number of furan rings is 1. The summed E-state index contributed by atoms with van der Waals surface area (Å²) in [4.78, 5) is 26.9. The van der Waals surface area contributed by atoms with Gasteiger partial charge in [-0.1, -0.05) is 19.9 Å². The Morgan fingerprint density at radius 2 is 1.89 bits per heavy atom. The van der Waals surface area contributed by atoms with Crippen molar-refractivity contribution in [2.24, 2.45) is 5.41 Å². The van der Waals surface area contributed by atoms with E-state index in [0.29, 0.717) is 35.3 Å². The number of carbonyl (C=O) groups is 2. The first-order valence-electron chi connectivity index (χ1n) is 8.89. The van der Waals surface area contributed by atoms with E-state index in [2.05, 4.69) is 0 Å². The van der Waals surface area contributed by atoms with Crippen molar-refractivity contribution < 1.29 is 22.8 Å². The summed E-state index contributed by atoms with van der Waals surface area (Å²) in [5.74, 6) is -1.63. The number of carbonyl (C=O) groups excluding carboxylic acids is 2. The first-order valence-corrected chi connectivity index (χ1v) is 8.89. The van der Waals surface area contributed by atoms with Crippen LogP contribution < -0.4 is 0 Å². The van der Waals surface area contributed by atoms with Gasteiger partial charge in [0.25, 0.3) is 5.91 Å². The van der Waals surface area contributed by atoms with E-state index < -0.39 is 23.6 Å². The van der Waals surface area contributed by atoms with Gasteiger partial charge in [-0.15, -0.1) is 0 Å². The molecule has 0 bridgehead atoms. The maximum Gasteiger partial charge on any atom is 0.290 e. The highest BCUT2D eigenvalue weighted by molar-refractivity contribution is 6.03. The van der Waals surface area contributed by atoms with E-state index in [1.807, 2.05) is 13.8 Å². The van der Waals surface area contributed by atoms with Crippen molar-refractivity contribution in [2.45, 2.75) is 46.6 Å². The van der Waals surface area contributed by atoms with Crippen LogP contribution >= 0.6 is 0 Å². The van der Waals surface area contributed by atoms with Gasteiger partial charge in [-0.05, 0) is 37.0 Å². The van der Waals surface area contributed by atoms with Gasteiger partial charge in [0.15, 0.2) is 23.2 Å². The van der Waals surface area contributed by atoms with E-state index in [1.165, 1.54) is 11.0 Å². The first-order chi connectivity index (χ1) is 12.5. The van der Waals surface area contributed by atoms with Gasteiger partial charge in [-0.2, -0.15) is 0 Å². The predicted octanol–water partition coefficient (Wildman–Crippen LogP) is 4.85. The molecule has 0 saturated heterocycles. The largest absolute Gasteiger partial charge is 0.455 e. The Bertz CT molecular complexity index is 930. The van der Waals surface area contributed by atoms with Crippen LogP contribution in [-0.2, 0) is 6.42 Å². The summed E-state index contributed by atoms with van der Waals surface area (Å²) in [7, 11) is 1.57. The zero-order chi connectivity index (χ0) is 20.1. The van der Waals surface area contributed by atoms with E-state index >= 15 is 0 Å². The van der Waals surface area contributed by atoms with Crippen molar-refractivity contribution in [1.29, 1.82) is 0 Å². The second-order valence-electron chi connectivity index (χ2n) is 8.06. The molecule has 6 heteroatoms. The summed E-state index contributed by atoms with van der Waals surface area (Å²) in [6.45, 7) is 7.41. The lowest BCUT2D eigenvalue weighted by molar-refractivity contribution is 0.0704. The zero-order valence-corrected chi connectivity index (χ0v) is 16.2. The van der Waals surface area contributed by atoms with Crippen LogP contribution in [0.15, 0.2) is 22.6 Å². The zero-order valence-electron chi connectivity index (χ0n) is 16.2. The number of hydrogen-bond donors (Lipinski definition) is 0. The fourth-order valence-corrected chi connectivity index (χ4v) is 3.62. The first kappa shape index (κ1) is 19.3. The van der Waals surface area contributed by atoms with Crippen LogP contribution in [0.5, 0.6) is 0 Å². The molecule has 27 heavy (non-hydrogen) atoms. The van der Waals surface area contributed by atoms with Crippen LogP contribution in [0, 0.1) is 24.0 Å². The third kappa shape index (κ3) is 3.40. The summed E-state index contributed by atoms with van der Waals surface area (Å²) < 4.78 is 32.5. The summed E-state index contributed by atoms with van der Waals surface area (Å²) in [5.41, 5.74) is 1.31. The molecule has 0 fully saturated rings. The van der Waals surface area contributed by atoms with Crippen molar-refractivity contribution in [3.05, 3.63) is 58.0 Å². The standard InChI is InChI=1S/C21H23F2NO3/c1-11-18-16(25)9-21(3,4)10-17(18)27-19(11)20(26)24(5)12(2)13-6-7-14(22)15(23)8-13/h6-8,12H,9-10H2,1-5H3/t12-/m1/s1. The second-order valence-corrected chi connectivity index (χ2v) is 8.06. The maximum atomic E-state index is 13.5. The number of Topliss-reactive ketones (excluding diaryl/α,β-unsaturated/α-hetero) is 1. The Hall–Kier alpha value is -2.50. The number of benzene rings is 1. The minimum atomic E-state index is -0.960. The summed E-state index contributed by atoms with van der Waals surface area (Å²) in [6.07, 6.45) is 1.000. The molecule has 0 spiro atoms. The van der Waals surface area contributed by atoms with Gasteiger partial charge < -0.3 is 9.32 Å². The minimum absolute atomic E-state index is 0.0159. The van der Waals surface area contributed by atoms with Crippen LogP contribution in [0.1, 0.15) is 71.0 Å². The lowest BCUT2D eigenvalue weighted by Gasteiger charge is -2.27. The quantitative estimate of drug-likeness (QED) is 0.770. The molecule has 1 aliphatic carbocycles. The summed E-state index contributed by atoms with van der Waals surface area (Å²) >= 11 is 0. The Labute approximate surface area is 157 Å². The molecule has 1 heterocycles. The molecule has 2 aromatic rings. The van der Waals surface area contributed by atoms with Gasteiger partial charge in [0.05, 0.1) is 11.6 Å². The molecule has 144 valence electrons. The predicted molar refractivity (Wildman–Crippen MR) is 96.7 cm³/mol. The number of fused-ring (bicyclic) bond motifs is 1.